The maximum atomic E-state index is 13.0. The Hall–Kier alpha value is -1.64. The first-order valence-electron chi connectivity index (χ1n) is 7.73. The van der Waals surface area contributed by atoms with Gasteiger partial charge in [-0.1, -0.05) is 12.1 Å². The second-order valence-electron chi connectivity index (χ2n) is 5.92. The van der Waals surface area contributed by atoms with Crippen molar-refractivity contribution in [2.45, 2.75) is 24.2 Å². The fourth-order valence-corrected chi connectivity index (χ4v) is 4.77. The minimum absolute atomic E-state index is 0.0560. The Kier molecular flexibility index (Phi) is 5.84. The van der Waals surface area contributed by atoms with Gasteiger partial charge in [-0.15, -0.1) is 0 Å². The molecule has 1 atom stereocenters. The number of para-hydroxylation sites is 1. The van der Waals surface area contributed by atoms with Crippen LogP contribution in [0.5, 0.6) is 5.75 Å². The molecule has 1 aromatic rings. The lowest BCUT2D eigenvalue weighted by Crippen LogP contribution is -2.50. The van der Waals surface area contributed by atoms with E-state index in [1.54, 1.807) is 18.2 Å². The third-order valence-corrected chi connectivity index (χ3v) is 6.35. The number of benzene rings is 1. The van der Waals surface area contributed by atoms with Crippen molar-refractivity contribution in [2.75, 3.05) is 33.9 Å². The summed E-state index contributed by atoms with van der Waals surface area (Å²) in [6.45, 7) is 0.503. The smallest absolute Gasteiger partial charge is 0.311 e. The highest BCUT2D eigenvalue weighted by Gasteiger charge is 2.45. The van der Waals surface area contributed by atoms with E-state index < -0.39 is 21.4 Å². The number of carboxylic acid groups (broad SMARTS) is 1. The van der Waals surface area contributed by atoms with Gasteiger partial charge in [-0.2, -0.15) is 4.31 Å². The molecular weight excluding hydrogens is 334 g/mol. The molecule has 24 heavy (non-hydrogen) atoms. The van der Waals surface area contributed by atoms with E-state index in [-0.39, 0.29) is 30.2 Å². The lowest BCUT2D eigenvalue weighted by atomic mass is 9.78. The number of hydrogen-bond acceptors (Lipinski definition) is 5. The molecule has 1 aliphatic rings. The Morgan fingerprint density at radius 3 is 2.67 bits per heavy atom. The van der Waals surface area contributed by atoms with Gasteiger partial charge in [0.05, 0.1) is 12.5 Å². The topological polar surface area (TPSA) is 93.1 Å². The molecule has 1 aromatic carbocycles. The van der Waals surface area contributed by atoms with Crippen molar-refractivity contribution in [1.82, 2.24) is 4.31 Å². The van der Waals surface area contributed by atoms with Gasteiger partial charge in [-0.3, -0.25) is 4.79 Å². The van der Waals surface area contributed by atoms with Gasteiger partial charge in [-0.05, 0) is 31.4 Å². The van der Waals surface area contributed by atoms with E-state index in [4.69, 9.17) is 9.47 Å². The first-order chi connectivity index (χ1) is 11.4. The van der Waals surface area contributed by atoms with Crippen molar-refractivity contribution < 1.29 is 27.8 Å². The Labute approximate surface area is 142 Å². The lowest BCUT2D eigenvalue weighted by Gasteiger charge is -2.39. The molecule has 7 nitrogen and oxygen atoms in total. The standard InChI is InChI=1S/C16H23NO6S/c1-22-11-9-16(15(18)19)8-5-10-17(12-16)24(20,21)14-7-4-3-6-13(14)23-2/h3-4,6-7H,5,8-12H2,1-2H3,(H,18,19). The number of methoxy groups -OCH3 is 2. The van der Waals surface area contributed by atoms with Crippen LogP contribution >= 0.6 is 0 Å². The van der Waals surface area contributed by atoms with Crippen LogP contribution in [0.4, 0.5) is 0 Å². The van der Waals surface area contributed by atoms with Gasteiger partial charge in [0.25, 0.3) is 0 Å². The van der Waals surface area contributed by atoms with Crippen LogP contribution in [0.1, 0.15) is 19.3 Å². The highest BCUT2D eigenvalue weighted by molar-refractivity contribution is 7.89. The summed E-state index contributed by atoms with van der Waals surface area (Å²) in [5.41, 5.74) is -1.12. The molecule has 0 bridgehead atoms. The quantitative estimate of drug-likeness (QED) is 0.796. The number of sulfonamides is 1. The van der Waals surface area contributed by atoms with E-state index in [2.05, 4.69) is 0 Å². The average Bonchev–Trinajstić information content (AvgIpc) is 2.60. The molecule has 0 aliphatic carbocycles. The molecule has 1 heterocycles. The average molecular weight is 357 g/mol. The molecule has 1 unspecified atom stereocenters. The fraction of sp³-hybridized carbons (Fsp3) is 0.562. The predicted octanol–water partition coefficient (Wildman–Crippen LogP) is 1.59. The minimum atomic E-state index is -3.83. The first kappa shape index (κ1) is 18.7. The Bertz CT molecular complexity index is 690. The number of ether oxygens (including phenoxy) is 2. The van der Waals surface area contributed by atoms with Crippen molar-refractivity contribution in [3.8, 4) is 5.75 Å². The van der Waals surface area contributed by atoms with Gasteiger partial charge in [0.15, 0.2) is 0 Å². The number of hydrogen-bond donors (Lipinski definition) is 1. The molecular formula is C16H23NO6S. The van der Waals surface area contributed by atoms with E-state index in [0.717, 1.165) is 0 Å². The third kappa shape index (κ3) is 3.55. The summed E-state index contributed by atoms with van der Waals surface area (Å²) >= 11 is 0. The van der Waals surface area contributed by atoms with Crippen LogP contribution in [0.2, 0.25) is 0 Å². The second-order valence-corrected chi connectivity index (χ2v) is 7.83. The van der Waals surface area contributed by atoms with Crippen molar-refractivity contribution in [3.05, 3.63) is 24.3 Å². The van der Waals surface area contributed by atoms with E-state index in [0.29, 0.717) is 19.4 Å². The summed E-state index contributed by atoms with van der Waals surface area (Å²) in [5, 5.41) is 9.67. The van der Waals surface area contributed by atoms with Crippen LogP contribution < -0.4 is 4.74 Å². The Morgan fingerprint density at radius 2 is 2.04 bits per heavy atom. The summed E-state index contributed by atoms with van der Waals surface area (Å²) in [6, 6.07) is 6.36. The summed E-state index contributed by atoms with van der Waals surface area (Å²) < 4.78 is 37.3. The zero-order chi connectivity index (χ0) is 17.8. The van der Waals surface area contributed by atoms with Gasteiger partial charge >= 0.3 is 5.97 Å². The lowest BCUT2D eigenvalue weighted by molar-refractivity contribution is -0.152. The maximum Gasteiger partial charge on any atom is 0.311 e. The highest BCUT2D eigenvalue weighted by Crippen LogP contribution is 2.37. The van der Waals surface area contributed by atoms with Crippen LogP contribution in [0.25, 0.3) is 0 Å². The SMILES string of the molecule is COCCC1(C(=O)O)CCCN(S(=O)(=O)c2ccccc2OC)C1. The number of rotatable bonds is 7. The molecule has 0 saturated carbocycles. The van der Waals surface area contributed by atoms with Crippen molar-refractivity contribution in [2.24, 2.45) is 5.41 Å². The molecule has 8 heteroatoms. The van der Waals surface area contributed by atoms with Crippen LogP contribution in [-0.2, 0) is 19.6 Å². The predicted molar refractivity (Wildman–Crippen MR) is 87.5 cm³/mol. The monoisotopic (exact) mass is 357 g/mol. The molecule has 0 amide bonds. The van der Waals surface area contributed by atoms with Gasteiger partial charge in [0.1, 0.15) is 10.6 Å². The normalized spacial score (nSPS) is 22.2. The number of nitrogens with zero attached hydrogens (tertiary/aromatic N) is 1. The van der Waals surface area contributed by atoms with Crippen LogP contribution in [0.15, 0.2) is 29.2 Å². The van der Waals surface area contributed by atoms with Crippen molar-refractivity contribution in [3.63, 3.8) is 0 Å². The molecule has 1 saturated heterocycles. The third-order valence-electron chi connectivity index (χ3n) is 4.47. The van der Waals surface area contributed by atoms with E-state index in [1.807, 2.05) is 0 Å². The number of carbonyl (C=O) groups is 1. The fourth-order valence-electron chi connectivity index (χ4n) is 3.05. The number of aliphatic carboxylic acids is 1. The molecule has 1 aliphatic heterocycles. The van der Waals surface area contributed by atoms with E-state index in [1.165, 1.54) is 24.6 Å². The molecule has 0 spiro atoms. The van der Waals surface area contributed by atoms with Crippen LogP contribution in [-0.4, -0.2) is 57.7 Å². The van der Waals surface area contributed by atoms with Gasteiger partial charge in [0, 0.05) is 26.8 Å². The maximum absolute atomic E-state index is 13.0. The van der Waals surface area contributed by atoms with Crippen molar-refractivity contribution >= 4 is 16.0 Å². The summed E-state index contributed by atoms with van der Waals surface area (Å²) in [6.07, 6.45) is 1.20. The number of carboxylic acids is 1. The van der Waals surface area contributed by atoms with Crippen LogP contribution in [0.3, 0.4) is 0 Å². The highest BCUT2D eigenvalue weighted by atomic mass is 32.2. The first-order valence-corrected chi connectivity index (χ1v) is 9.17. The molecule has 1 N–H and O–H groups in total. The molecule has 1 fully saturated rings. The zero-order valence-corrected chi connectivity index (χ0v) is 14.7. The van der Waals surface area contributed by atoms with Gasteiger partial charge in [0.2, 0.25) is 10.0 Å². The van der Waals surface area contributed by atoms with E-state index >= 15 is 0 Å². The largest absolute Gasteiger partial charge is 0.495 e. The second kappa shape index (κ2) is 7.50. The molecule has 0 radical (unpaired) electrons. The van der Waals surface area contributed by atoms with Gasteiger partial charge in [-0.25, -0.2) is 8.42 Å². The summed E-state index contributed by atoms with van der Waals surface area (Å²) in [4.78, 5) is 11.9. The molecule has 134 valence electrons. The summed E-state index contributed by atoms with van der Waals surface area (Å²) in [5.74, 6) is -0.736. The minimum Gasteiger partial charge on any atom is -0.495 e. The van der Waals surface area contributed by atoms with Gasteiger partial charge < -0.3 is 14.6 Å². The Morgan fingerprint density at radius 1 is 1.33 bits per heavy atom. The zero-order valence-electron chi connectivity index (χ0n) is 13.9. The van der Waals surface area contributed by atoms with E-state index in [9.17, 15) is 18.3 Å². The molecule has 0 aromatic heterocycles. The number of piperidine rings is 1. The van der Waals surface area contributed by atoms with Crippen LogP contribution in [0, 0.1) is 5.41 Å². The molecule has 2 rings (SSSR count). The summed E-state index contributed by atoms with van der Waals surface area (Å²) in [7, 11) is -0.921. The Balaban J connectivity index is 2.35. The van der Waals surface area contributed by atoms with Crippen molar-refractivity contribution in [1.29, 1.82) is 0 Å².